The zero-order valence-electron chi connectivity index (χ0n) is 9.29. The van der Waals surface area contributed by atoms with Gasteiger partial charge in [-0.2, -0.15) is 0 Å². The Morgan fingerprint density at radius 1 is 1.53 bits per heavy atom. The summed E-state index contributed by atoms with van der Waals surface area (Å²) in [6, 6.07) is 7.61. The zero-order valence-corrected chi connectivity index (χ0v) is 9.29. The summed E-state index contributed by atoms with van der Waals surface area (Å²) < 4.78 is 0. The van der Waals surface area contributed by atoms with Gasteiger partial charge in [0.15, 0.2) is 0 Å². The van der Waals surface area contributed by atoms with Crippen molar-refractivity contribution in [1.29, 1.82) is 0 Å². The van der Waals surface area contributed by atoms with E-state index in [-0.39, 0.29) is 11.9 Å². The maximum Gasteiger partial charge on any atom is 0.251 e. The summed E-state index contributed by atoms with van der Waals surface area (Å²) in [6.45, 7) is 4.50. The largest absolute Gasteiger partial charge is 0.350 e. The van der Waals surface area contributed by atoms with E-state index in [1.165, 1.54) is 0 Å². The second kappa shape index (κ2) is 5.51. The molecule has 0 bridgehead atoms. The standard InChI is InChI=1S/C12H18N2O/c1-3-9(2)14-12(15)11-6-4-5-10(7-11)8-13/h4-7,9H,3,8,13H2,1-2H3,(H,14,15)/t9-/m1/s1. The number of carbonyl (C=O) groups is 1. The summed E-state index contributed by atoms with van der Waals surface area (Å²) in [4.78, 5) is 11.7. The van der Waals surface area contributed by atoms with E-state index in [1.807, 2.05) is 32.0 Å². The summed E-state index contributed by atoms with van der Waals surface area (Å²) in [5, 5.41) is 2.92. The molecule has 1 aromatic carbocycles. The summed E-state index contributed by atoms with van der Waals surface area (Å²) >= 11 is 0. The second-order valence-corrected chi connectivity index (χ2v) is 3.69. The molecular weight excluding hydrogens is 188 g/mol. The predicted octanol–water partition coefficient (Wildman–Crippen LogP) is 1.67. The van der Waals surface area contributed by atoms with E-state index in [1.54, 1.807) is 6.07 Å². The molecule has 3 heteroatoms. The maximum atomic E-state index is 11.7. The van der Waals surface area contributed by atoms with E-state index in [9.17, 15) is 4.79 Å². The van der Waals surface area contributed by atoms with E-state index in [2.05, 4.69) is 5.32 Å². The van der Waals surface area contributed by atoms with Crippen molar-refractivity contribution in [1.82, 2.24) is 5.32 Å². The van der Waals surface area contributed by atoms with Crippen LogP contribution >= 0.6 is 0 Å². The van der Waals surface area contributed by atoms with Crippen LogP contribution in [0.2, 0.25) is 0 Å². The number of hydrogen-bond acceptors (Lipinski definition) is 2. The molecule has 0 unspecified atom stereocenters. The first kappa shape index (κ1) is 11.7. The smallest absolute Gasteiger partial charge is 0.251 e. The lowest BCUT2D eigenvalue weighted by molar-refractivity contribution is 0.0939. The molecule has 0 aliphatic carbocycles. The molecule has 1 amide bonds. The average Bonchev–Trinajstić information content (AvgIpc) is 2.28. The van der Waals surface area contributed by atoms with Crippen molar-refractivity contribution in [3.63, 3.8) is 0 Å². The van der Waals surface area contributed by atoms with Gasteiger partial charge in [-0.25, -0.2) is 0 Å². The molecule has 3 N–H and O–H groups in total. The van der Waals surface area contributed by atoms with E-state index in [0.717, 1.165) is 12.0 Å². The Bertz CT molecular complexity index is 336. The summed E-state index contributed by atoms with van der Waals surface area (Å²) in [6.07, 6.45) is 0.933. The molecule has 0 aromatic heterocycles. The first-order chi connectivity index (χ1) is 7.17. The molecule has 0 fully saturated rings. The summed E-state index contributed by atoms with van der Waals surface area (Å²) in [5.74, 6) is -0.0281. The Labute approximate surface area is 90.7 Å². The molecule has 0 saturated carbocycles. The first-order valence-corrected chi connectivity index (χ1v) is 5.27. The number of benzene rings is 1. The molecular formula is C12H18N2O. The molecule has 0 radical (unpaired) electrons. The number of rotatable bonds is 4. The Morgan fingerprint density at radius 2 is 2.27 bits per heavy atom. The van der Waals surface area contributed by atoms with Crippen LogP contribution in [0, 0.1) is 0 Å². The van der Waals surface area contributed by atoms with Gasteiger partial charge in [-0.05, 0) is 31.0 Å². The van der Waals surface area contributed by atoms with Crippen molar-refractivity contribution < 1.29 is 4.79 Å². The number of carbonyl (C=O) groups excluding carboxylic acids is 1. The van der Waals surface area contributed by atoms with Crippen molar-refractivity contribution in [2.24, 2.45) is 5.73 Å². The van der Waals surface area contributed by atoms with E-state index in [4.69, 9.17) is 5.73 Å². The number of hydrogen-bond donors (Lipinski definition) is 2. The average molecular weight is 206 g/mol. The van der Waals surface area contributed by atoms with Crippen molar-refractivity contribution in [3.05, 3.63) is 35.4 Å². The van der Waals surface area contributed by atoms with Crippen LogP contribution in [0.4, 0.5) is 0 Å². The molecule has 0 spiro atoms. The highest BCUT2D eigenvalue weighted by Crippen LogP contribution is 2.05. The third-order valence-electron chi connectivity index (χ3n) is 2.41. The zero-order chi connectivity index (χ0) is 11.3. The minimum absolute atomic E-state index is 0.0281. The van der Waals surface area contributed by atoms with Crippen LogP contribution in [0.3, 0.4) is 0 Å². The predicted molar refractivity (Wildman–Crippen MR) is 61.6 cm³/mol. The number of amides is 1. The van der Waals surface area contributed by atoms with Gasteiger partial charge in [0.25, 0.3) is 5.91 Å². The normalized spacial score (nSPS) is 12.2. The van der Waals surface area contributed by atoms with Gasteiger partial charge in [-0.3, -0.25) is 4.79 Å². The Balaban J connectivity index is 2.73. The first-order valence-electron chi connectivity index (χ1n) is 5.27. The highest BCUT2D eigenvalue weighted by molar-refractivity contribution is 5.94. The van der Waals surface area contributed by atoms with Crippen molar-refractivity contribution >= 4 is 5.91 Å². The molecule has 3 nitrogen and oxygen atoms in total. The fraction of sp³-hybridized carbons (Fsp3) is 0.417. The van der Waals surface area contributed by atoms with Crippen LogP contribution in [-0.4, -0.2) is 11.9 Å². The fourth-order valence-electron chi connectivity index (χ4n) is 1.25. The van der Waals surface area contributed by atoms with Gasteiger partial charge in [0.2, 0.25) is 0 Å². The van der Waals surface area contributed by atoms with Crippen LogP contribution in [0.15, 0.2) is 24.3 Å². The van der Waals surface area contributed by atoms with Crippen molar-refractivity contribution in [2.45, 2.75) is 32.9 Å². The van der Waals surface area contributed by atoms with Crippen LogP contribution in [0.1, 0.15) is 36.2 Å². The van der Waals surface area contributed by atoms with Crippen molar-refractivity contribution in [2.75, 3.05) is 0 Å². The molecule has 1 rings (SSSR count). The Hall–Kier alpha value is -1.35. The van der Waals surface area contributed by atoms with E-state index >= 15 is 0 Å². The molecule has 0 aliphatic rings. The van der Waals surface area contributed by atoms with Gasteiger partial charge >= 0.3 is 0 Å². The third-order valence-corrected chi connectivity index (χ3v) is 2.41. The molecule has 0 saturated heterocycles. The van der Waals surface area contributed by atoms with Gasteiger partial charge in [0.05, 0.1) is 0 Å². The highest BCUT2D eigenvalue weighted by atomic mass is 16.1. The van der Waals surface area contributed by atoms with Gasteiger partial charge in [-0.1, -0.05) is 19.1 Å². The molecule has 0 heterocycles. The SMILES string of the molecule is CC[C@@H](C)NC(=O)c1cccc(CN)c1. The Kier molecular flexibility index (Phi) is 4.31. The van der Waals surface area contributed by atoms with Crippen LogP contribution < -0.4 is 11.1 Å². The maximum absolute atomic E-state index is 11.7. The molecule has 1 atom stereocenters. The molecule has 15 heavy (non-hydrogen) atoms. The van der Waals surface area contributed by atoms with Gasteiger partial charge in [0.1, 0.15) is 0 Å². The number of nitrogens with one attached hydrogen (secondary N) is 1. The highest BCUT2D eigenvalue weighted by Gasteiger charge is 2.08. The molecule has 0 aliphatic heterocycles. The van der Waals surface area contributed by atoms with E-state index in [0.29, 0.717) is 12.1 Å². The quantitative estimate of drug-likeness (QED) is 0.787. The fourth-order valence-corrected chi connectivity index (χ4v) is 1.25. The lowest BCUT2D eigenvalue weighted by Crippen LogP contribution is -2.31. The topological polar surface area (TPSA) is 55.1 Å². The van der Waals surface area contributed by atoms with Gasteiger partial charge in [-0.15, -0.1) is 0 Å². The van der Waals surface area contributed by atoms with Gasteiger partial charge < -0.3 is 11.1 Å². The lowest BCUT2D eigenvalue weighted by atomic mass is 10.1. The lowest BCUT2D eigenvalue weighted by Gasteiger charge is -2.11. The van der Waals surface area contributed by atoms with Crippen LogP contribution in [0.5, 0.6) is 0 Å². The minimum Gasteiger partial charge on any atom is -0.350 e. The molecule has 82 valence electrons. The summed E-state index contributed by atoms with van der Waals surface area (Å²) in [5.41, 5.74) is 7.17. The number of nitrogens with two attached hydrogens (primary N) is 1. The molecule has 1 aromatic rings. The van der Waals surface area contributed by atoms with Crippen molar-refractivity contribution in [3.8, 4) is 0 Å². The van der Waals surface area contributed by atoms with Gasteiger partial charge in [0, 0.05) is 18.2 Å². The monoisotopic (exact) mass is 206 g/mol. The van der Waals surface area contributed by atoms with E-state index < -0.39 is 0 Å². The second-order valence-electron chi connectivity index (χ2n) is 3.69. The minimum atomic E-state index is -0.0281. The summed E-state index contributed by atoms with van der Waals surface area (Å²) in [7, 11) is 0. The van der Waals surface area contributed by atoms with Crippen LogP contribution in [0.25, 0.3) is 0 Å². The Morgan fingerprint density at radius 3 is 2.87 bits per heavy atom. The third kappa shape index (κ3) is 3.36. The van der Waals surface area contributed by atoms with Crippen LogP contribution in [-0.2, 0) is 6.54 Å².